The molecule has 2 amide bonds. The molecular weight excluding hydrogens is 254 g/mol. The van der Waals surface area contributed by atoms with Crippen LogP contribution in [0.3, 0.4) is 0 Å². The van der Waals surface area contributed by atoms with Crippen LogP contribution < -0.4 is 0 Å². The van der Waals surface area contributed by atoms with Crippen molar-refractivity contribution >= 4 is 11.8 Å². The van der Waals surface area contributed by atoms with Crippen LogP contribution in [0.15, 0.2) is 42.7 Å². The van der Waals surface area contributed by atoms with E-state index in [1.807, 2.05) is 41.2 Å². The van der Waals surface area contributed by atoms with Crippen molar-refractivity contribution in [1.29, 1.82) is 0 Å². The molecule has 1 aromatic carbocycles. The van der Waals surface area contributed by atoms with E-state index in [4.69, 9.17) is 0 Å². The molecular formula is C15H15N3O2. The Bertz CT molecular complexity index is 601. The Morgan fingerprint density at radius 2 is 1.55 bits per heavy atom. The minimum absolute atomic E-state index is 0.0735. The number of likely N-dealkylation sites (tertiary alicyclic amines) is 1. The Balaban J connectivity index is 1.67. The fourth-order valence-corrected chi connectivity index (χ4v) is 2.31. The molecule has 20 heavy (non-hydrogen) atoms. The molecule has 1 aliphatic heterocycles. The fourth-order valence-electron chi connectivity index (χ4n) is 2.31. The first kappa shape index (κ1) is 12.6. The smallest absolute Gasteiger partial charge is 0.229 e. The van der Waals surface area contributed by atoms with Gasteiger partial charge in [-0.1, -0.05) is 24.3 Å². The Morgan fingerprint density at radius 3 is 2.10 bits per heavy atom. The van der Waals surface area contributed by atoms with Crippen molar-refractivity contribution in [2.45, 2.75) is 25.9 Å². The summed E-state index contributed by atoms with van der Waals surface area (Å²) in [4.78, 5) is 24.5. The lowest BCUT2D eigenvalue weighted by Gasteiger charge is -2.14. The summed E-state index contributed by atoms with van der Waals surface area (Å²) in [5, 5.41) is 4.16. The summed E-state index contributed by atoms with van der Waals surface area (Å²) in [6.45, 7) is 1.09. The minimum atomic E-state index is -0.0735. The normalized spacial score (nSPS) is 15.1. The summed E-state index contributed by atoms with van der Waals surface area (Å²) >= 11 is 0. The van der Waals surface area contributed by atoms with E-state index in [2.05, 4.69) is 5.10 Å². The maximum Gasteiger partial charge on any atom is 0.229 e. The predicted molar refractivity (Wildman–Crippen MR) is 72.6 cm³/mol. The molecule has 2 aromatic rings. The van der Waals surface area contributed by atoms with Gasteiger partial charge in [0.25, 0.3) is 0 Å². The molecule has 0 atom stereocenters. The summed E-state index contributed by atoms with van der Waals surface area (Å²) in [5.41, 5.74) is 2.11. The van der Waals surface area contributed by atoms with Crippen LogP contribution >= 0.6 is 0 Å². The van der Waals surface area contributed by atoms with Crippen LogP contribution in [0, 0.1) is 0 Å². The summed E-state index contributed by atoms with van der Waals surface area (Å²) in [6.07, 6.45) is 4.35. The summed E-state index contributed by atoms with van der Waals surface area (Å²) < 4.78 is 1.85. The molecule has 0 aliphatic carbocycles. The first-order chi connectivity index (χ1) is 9.72. The Hall–Kier alpha value is -2.43. The molecule has 0 N–H and O–H groups in total. The second kappa shape index (κ2) is 5.28. The lowest BCUT2D eigenvalue weighted by atomic mass is 10.1. The zero-order valence-corrected chi connectivity index (χ0v) is 11.0. The summed E-state index contributed by atoms with van der Waals surface area (Å²) in [5.74, 6) is -0.147. The number of nitrogens with zero attached hydrogens (tertiary/aromatic N) is 3. The number of carbonyl (C=O) groups is 2. The largest absolute Gasteiger partial charge is 0.278 e. The Labute approximate surface area is 116 Å². The van der Waals surface area contributed by atoms with Crippen LogP contribution in [0.5, 0.6) is 0 Å². The molecule has 1 saturated heterocycles. The molecule has 1 aromatic heterocycles. The van der Waals surface area contributed by atoms with E-state index in [-0.39, 0.29) is 11.8 Å². The van der Waals surface area contributed by atoms with Gasteiger partial charge in [-0.25, -0.2) is 0 Å². The molecule has 0 radical (unpaired) electrons. The number of imide groups is 1. The summed E-state index contributed by atoms with van der Waals surface area (Å²) in [6, 6.07) is 9.80. The van der Waals surface area contributed by atoms with E-state index in [0.29, 0.717) is 19.4 Å². The SMILES string of the molecule is O=C1CCC(=O)N1Cc1ccc(Cn2cccn2)cc1. The first-order valence-electron chi connectivity index (χ1n) is 6.61. The first-order valence-corrected chi connectivity index (χ1v) is 6.61. The van der Waals surface area contributed by atoms with Gasteiger partial charge in [-0.05, 0) is 17.2 Å². The van der Waals surface area contributed by atoms with Crippen LogP contribution in [-0.4, -0.2) is 26.5 Å². The van der Waals surface area contributed by atoms with Crippen molar-refractivity contribution in [2.24, 2.45) is 0 Å². The highest BCUT2D eigenvalue weighted by Crippen LogP contribution is 2.16. The van der Waals surface area contributed by atoms with Gasteiger partial charge in [0.2, 0.25) is 11.8 Å². The van der Waals surface area contributed by atoms with Gasteiger partial charge in [-0.2, -0.15) is 5.10 Å². The maximum atomic E-state index is 11.6. The zero-order chi connectivity index (χ0) is 13.9. The quantitative estimate of drug-likeness (QED) is 0.792. The highest BCUT2D eigenvalue weighted by Gasteiger charge is 2.28. The summed E-state index contributed by atoms with van der Waals surface area (Å²) in [7, 11) is 0. The van der Waals surface area contributed by atoms with Crippen molar-refractivity contribution < 1.29 is 9.59 Å². The number of aromatic nitrogens is 2. The predicted octanol–water partition coefficient (Wildman–Crippen LogP) is 1.58. The molecule has 0 saturated carbocycles. The topological polar surface area (TPSA) is 55.2 Å². The Morgan fingerprint density at radius 1 is 0.950 bits per heavy atom. The van der Waals surface area contributed by atoms with Crippen molar-refractivity contribution in [3.8, 4) is 0 Å². The van der Waals surface area contributed by atoms with Crippen LogP contribution in [-0.2, 0) is 22.7 Å². The van der Waals surface area contributed by atoms with E-state index in [1.165, 1.54) is 4.90 Å². The molecule has 1 aliphatic rings. The van der Waals surface area contributed by atoms with Crippen molar-refractivity contribution in [2.75, 3.05) is 0 Å². The van der Waals surface area contributed by atoms with Crippen molar-refractivity contribution in [3.63, 3.8) is 0 Å². The van der Waals surface area contributed by atoms with Gasteiger partial charge in [-0.15, -0.1) is 0 Å². The van der Waals surface area contributed by atoms with Gasteiger partial charge in [0, 0.05) is 25.2 Å². The van der Waals surface area contributed by atoms with E-state index < -0.39 is 0 Å². The van der Waals surface area contributed by atoms with Gasteiger partial charge in [0.05, 0.1) is 13.1 Å². The highest BCUT2D eigenvalue weighted by atomic mass is 16.2. The van der Waals surface area contributed by atoms with Gasteiger partial charge in [-0.3, -0.25) is 19.2 Å². The molecule has 0 bridgehead atoms. The number of hydrogen-bond donors (Lipinski definition) is 0. The molecule has 102 valence electrons. The van der Waals surface area contributed by atoms with Gasteiger partial charge in [0.1, 0.15) is 0 Å². The zero-order valence-electron chi connectivity index (χ0n) is 11.0. The average Bonchev–Trinajstić information content (AvgIpc) is 3.06. The lowest BCUT2D eigenvalue weighted by molar-refractivity contribution is -0.139. The third-order valence-corrected chi connectivity index (χ3v) is 3.42. The number of carbonyl (C=O) groups excluding carboxylic acids is 2. The van der Waals surface area contributed by atoms with Crippen LogP contribution in [0.4, 0.5) is 0 Å². The average molecular weight is 269 g/mol. The second-order valence-electron chi connectivity index (χ2n) is 4.89. The van der Waals surface area contributed by atoms with Crippen LogP contribution in [0.25, 0.3) is 0 Å². The van der Waals surface area contributed by atoms with Crippen molar-refractivity contribution in [3.05, 3.63) is 53.9 Å². The number of hydrogen-bond acceptors (Lipinski definition) is 3. The lowest BCUT2D eigenvalue weighted by Crippen LogP contribution is -2.28. The minimum Gasteiger partial charge on any atom is -0.278 e. The molecule has 3 rings (SSSR count). The number of rotatable bonds is 4. The van der Waals surface area contributed by atoms with E-state index in [1.54, 1.807) is 6.20 Å². The maximum absolute atomic E-state index is 11.6. The van der Waals surface area contributed by atoms with Crippen LogP contribution in [0.1, 0.15) is 24.0 Å². The highest BCUT2D eigenvalue weighted by molar-refractivity contribution is 6.01. The Kier molecular flexibility index (Phi) is 3.33. The molecule has 2 heterocycles. The van der Waals surface area contributed by atoms with Crippen LogP contribution in [0.2, 0.25) is 0 Å². The van der Waals surface area contributed by atoms with Gasteiger partial charge < -0.3 is 0 Å². The van der Waals surface area contributed by atoms with E-state index in [0.717, 1.165) is 17.7 Å². The third kappa shape index (κ3) is 2.61. The van der Waals surface area contributed by atoms with Gasteiger partial charge >= 0.3 is 0 Å². The second-order valence-corrected chi connectivity index (χ2v) is 4.89. The van der Waals surface area contributed by atoms with Gasteiger partial charge in [0.15, 0.2) is 0 Å². The fraction of sp³-hybridized carbons (Fsp3) is 0.267. The molecule has 1 fully saturated rings. The van der Waals surface area contributed by atoms with Crippen molar-refractivity contribution in [1.82, 2.24) is 14.7 Å². The molecule has 0 spiro atoms. The standard InChI is InChI=1S/C15H15N3O2/c19-14-6-7-15(20)18(14)11-13-4-2-12(3-5-13)10-17-9-1-8-16-17/h1-5,8-9H,6-7,10-11H2. The molecule has 5 nitrogen and oxygen atoms in total. The molecule has 5 heteroatoms. The van der Waals surface area contributed by atoms with E-state index >= 15 is 0 Å². The van der Waals surface area contributed by atoms with E-state index in [9.17, 15) is 9.59 Å². The monoisotopic (exact) mass is 269 g/mol. The third-order valence-electron chi connectivity index (χ3n) is 3.42. The molecule has 0 unspecified atom stereocenters. The number of amides is 2. The number of benzene rings is 1.